The molecule has 6 heteroatoms. The Labute approximate surface area is 166 Å². The van der Waals surface area contributed by atoms with Gasteiger partial charge in [0.2, 0.25) is 5.91 Å². The monoisotopic (exact) mass is 380 g/mol. The summed E-state index contributed by atoms with van der Waals surface area (Å²) in [7, 11) is 0. The summed E-state index contributed by atoms with van der Waals surface area (Å²) in [6.07, 6.45) is 4.76. The van der Waals surface area contributed by atoms with E-state index in [1.807, 2.05) is 12.1 Å². The van der Waals surface area contributed by atoms with Crippen LogP contribution in [0.5, 0.6) is 0 Å². The van der Waals surface area contributed by atoms with Gasteiger partial charge < -0.3 is 10.4 Å². The van der Waals surface area contributed by atoms with Crippen molar-refractivity contribution in [1.29, 1.82) is 0 Å². The molecule has 2 atom stereocenters. The van der Waals surface area contributed by atoms with Crippen molar-refractivity contribution >= 4 is 5.91 Å². The van der Waals surface area contributed by atoms with Crippen molar-refractivity contribution in [3.63, 3.8) is 0 Å². The number of amides is 1. The second-order valence-corrected chi connectivity index (χ2v) is 7.85. The molecule has 0 bridgehead atoms. The van der Waals surface area contributed by atoms with Crippen LogP contribution in [0.1, 0.15) is 23.1 Å². The number of carbonyl (C=O) groups is 1. The van der Waals surface area contributed by atoms with E-state index in [9.17, 15) is 9.90 Å². The van der Waals surface area contributed by atoms with E-state index in [-0.39, 0.29) is 11.9 Å². The maximum absolute atomic E-state index is 12.6. The highest BCUT2D eigenvalue weighted by atomic mass is 16.3. The average molecular weight is 380 g/mol. The van der Waals surface area contributed by atoms with Crippen molar-refractivity contribution in [2.45, 2.75) is 38.1 Å². The lowest BCUT2D eigenvalue weighted by molar-refractivity contribution is -0.124. The van der Waals surface area contributed by atoms with Gasteiger partial charge in [-0.05, 0) is 41.7 Å². The van der Waals surface area contributed by atoms with Crippen LogP contribution in [0.25, 0.3) is 0 Å². The number of hydrogen-bond acceptors (Lipinski definition) is 5. The van der Waals surface area contributed by atoms with Crippen LogP contribution >= 0.6 is 0 Å². The summed E-state index contributed by atoms with van der Waals surface area (Å²) in [5, 5.41) is 13.4. The lowest BCUT2D eigenvalue weighted by atomic mass is 9.99. The number of fused-ring (bicyclic) bond motifs is 1. The standard InChI is InChI=1S/C22H28N4O2/c27-21-8-12-25(13-17-5-9-23-10-6-17)15-20(21)24-22(28)16-26-11-7-18-3-1-2-4-19(18)14-26/h1-6,9-10,20-21,27H,7-8,11-16H2,(H,24,28)/t20-,21+/m1/s1. The molecule has 2 aliphatic rings. The van der Waals surface area contributed by atoms with Gasteiger partial charge in [-0.25, -0.2) is 0 Å². The van der Waals surface area contributed by atoms with Gasteiger partial charge in [0.05, 0.1) is 18.7 Å². The van der Waals surface area contributed by atoms with Crippen molar-refractivity contribution < 1.29 is 9.90 Å². The molecule has 0 spiro atoms. The highest BCUT2D eigenvalue weighted by molar-refractivity contribution is 5.78. The molecule has 0 radical (unpaired) electrons. The molecule has 1 aromatic carbocycles. The fourth-order valence-electron chi connectivity index (χ4n) is 4.18. The van der Waals surface area contributed by atoms with E-state index in [1.165, 1.54) is 16.7 Å². The molecule has 0 saturated carbocycles. The summed E-state index contributed by atoms with van der Waals surface area (Å²) in [6.45, 7) is 4.39. The predicted octanol–water partition coefficient (Wildman–Crippen LogP) is 1.19. The Morgan fingerprint density at radius 3 is 2.71 bits per heavy atom. The first-order chi connectivity index (χ1) is 13.7. The number of pyridine rings is 1. The van der Waals surface area contributed by atoms with Crippen molar-refractivity contribution in [2.75, 3.05) is 26.2 Å². The lowest BCUT2D eigenvalue weighted by Gasteiger charge is -2.37. The molecule has 1 saturated heterocycles. The summed E-state index contributed by atoms with van der Waals surface area (Å²) in [5.41, 5.74) is 3.89. The summed E-state index contributed by atoms with van der Waals surface area (Å²) < 4.78 is 0. The zero-order valence-electron chi connectivity index (χ0n) is 16.1. The quantitative estimate of drug-likeness (QED) is 0.816. The molecule has 2 aliphatic heterocycles. The molecule has 2 aromatic rings. The van der Waals surface area contributed by atoms with E-state index in [0.717, 1.165) is 32.6 Å². The number of aliphatic hydroxyl groups excluding tert-OH is 1. The van der Waals surface area contributed by atoms with Gasteiger partial charge in [0.25, 0.3) is 0 Å². The Bertz CT molecular complexity index is 798. The van der Waals surface area contributed by atoms with Gasteiger partial charge >= 0.3 is 0 Å². The number of nitrogens with one attached hydrogen (secondary N) is 1. The first-order valence-corrected chi connectivity index (χ1v) is 10.1. The van der Waals surface area contributed by atoms with Crippen LogP contribution in [0, 0.1) is 0 Å². The number of benzene rings is 1. The highest BCUT2D eigenvalue weighted by Gasteiger charge is 2.29. The molecule has 3 heterocycles. The van der Waals surface area contributed by atoms with Crippen molar-refractivity contribution in [2.24, 2.45) is 0 Å². The molecule has 6 nitrogen and oxygen atoms in total. The molecular weight excluding hydrogens is 352 g/mol. The van der Waals surface area contributed by atoms with Crippen molar-refractivity contribution in [3.8, 4) is 0 Å². The summed E-state index contributed by atoms with van der Waals surface area (Å²) >= 11 is 0. The SMILES string of the molecule is O=C(CN1CCc2ccccc2C1)N[C@@H]1CN(Cc2ccncc2)CC[C@@H]1O. The Kier molecular flexibility index (Phi) is 6.00. The summed E-state index contributed by atoms with van der Waals surface area (Å²) in [4.78, 5) is 21.1. The first kappa shape index (κ1) is 19.1. The van der Waals surface area contributed by atoms with Gasteiger partial charge in [-0.3, -0.25) is 19.6 Å². The Morgan fingerprint density at radius 2 is 1.89 bits per heavy atom. The van der Waals surface area contributed by atoms with E-state index in [2.05, 4.69) is 44.4 Å². The van der Waals surface area contributed by atoms with Crippen LogP contribution in [-0.4, -0.2) is 64.1 Å². The van der Waals surface area contributed by atoms with Gasteiger partial charge in [-0.1, -0.05) is 24.3 Å². The summed E-state index contributed by atoms with van der Waals surface area (Å²) in [6, 6.07) is 12.2. The summed E-state index contributed by atoms with van der Waals surface area (Å²) in [5.74, 6) is -0.00538. The number of aliphatic hydroxyl groups is 1. The van der Waals surface area contributed by atoms with E-state index < -0.39 is 6.10 Å². The van der Waals surface area contributed by atoms with Crippen LogP contribution in [0.2, 0.25) is 0 Å². The van der Waals surface area contributed by atoms with Gasteiger partial charge in [-0.15, -0.1) is 0 Å². The van der Waals surface area contributed by atoms with Crippen molar-refractivity contribution in [3.05, 3.63) is 65.5 Å². The fourth-order valence-corrected chi connectivity index (χ4v) is 4.18. The number of nitrogens with zero attached hydrogens (tertiary/aromatic N) is 3. The van der Waals surface area contributed by atoms with E-state index in [0.29, 0.717) is 19.5 Å². The van der Waals surface area contributed by atoms with Crippen LogP contribution in [-0.2, 0) is 24.3 Å². The molecule has 1 aromatic heterocycles. The van der Waals surface area contributed by atoms with Crippen molar-refractivity contribution in [1.82, 2.24) is 20.1 Å². The van der Waals surface area contributed by atoms with E-state index >= 15 is 0 Å². The topological polar surface area (TPSA) is 68.7 Å². The van der Waals surface area contributed by atoms with Crippen LogP contribution in [0.4, 0.5) is 0 Å². The third-order valence-corrected chi connectivity index (χ3v) is 5.74. The zero-order chi connectivity index (χ0) is 19.3. The highest BCUT2D eigenvalue weighted by Crippen LogP contribution is 2.18. The number of piperidine rings is 1. The number of rotatable bonds is 5. The second-order valence-electron chi connectivity index (χ2n) is 7.85. The molecule has 4 rings (SSSR count). The third-order valence-electron chi connectivity index (χ3n) is 5.74. The minimum atomic E-state index is -0.486. The van der Waals surface area contributed by atoms with Crippen LogP contribution in [0.15, 0.2) is 48.8 Å². The van der Waals surface area contributed by atoms with Gasteiger partial charge in [0, 0.05) is 45.1 Å². The molecule has 1 amide bonds. The largest absolute Gasteiger partial charge is 0.391 e. The van der Waals surface area contributed by atoms with Gasteiger partial charge in [-0.2, -0.15) is 0 Å². The zero-order valence-corrected chi connectivity index (χ0v) is 16.1. The number of hydrogen-bond donors (Lipinski definition) is 2. The lowest BCUT2D eigenvalue weighted by Crippen LogP contribution is -2.56. The molecule has 0 aliphatic carbocycles. The molecule has 0 unspecified atom stereocenters. The molecule has 2 N–H and O–H groups in total. The minimum Gasteiger partial charge on any atom is -0.391 e. The van der Waals surface area contributed by atoms with Gasteiger partial charge in [0.1, 0.15) is 0 Å². The average Bonchev–Trinajstić information content (AvgIpc) is 2.71. The maximum Gasteiger partial charge on any atom is 0.234 e. The molecule has 1 fully saturated rings. The number of aromatic nitrogens is 1. The Balaban J connectivity index is 1.29. The van der Waals surface area contributed by atoms with Crippen LogP contribution < -0.4 is 5.32 Å². The second kappa shape index (κ2) is 8.82. The minimum absolute atomic E-state index is 0.00538. The maximum atomic E-state index is 12.6. The molecule has 148 valence electrons. The molecular formula is C22H28N4O2. The Hall–Kier alpha value is -2.28. The van der Waals surface area contributed by atoms with E-state index in [4.69, 9.17) is 0 Å². The smallest absolute Gasteiger partial charge is 0.234 e. The number of carbonyl (C=O) groups excluding carboxylic acids is 1. The van der Waals surface area contributed by atoms with Crippen LogP contribution in [0.3, 0.4) is 0 Å². The first-order valence-electron chi connectivity index (χ1n) is 10.1. The Morgan fingerprint density at radius 1 is 1.11 bits per heavy atom. The van der Waals surface area contributed by atoms with Gasteiger partial charge in [0.15, 0.2) is 0 Å². The normalized spacial score (nSPS) is 23.2. The van der Waals surface area contributed by atoms with E-state index in [1.54, 1.807) is 12.4 Å². The fraction of sp³-hybridized carbons (Fsp3) is 0.455. The molecule has 28 heavy (non-hydrogen) atoms. The predicted molar refractivity (Wildman–Crippen MR) is 107 cm³/mol. The third kappa shape index (κ3) is 4.76. The number of likely N-dealkylation sites (tertiary alicyclic amines) is 1.